The molecule has 1 saturated heterocycles. The fourth-order valence-corrected chi connectivity index (χ4v) is 5.59. The Morgan fingerprint density at radius 1 is 1.14 bits per heavy atom. The van der Waals surface area contributed by atoms with Gasteiger partial charge in [0.25, 0.3) is 0 Å². The Hall–Kier alpha value is -2.26. The molecular weight excluding hydrogens is 392 g/mol. The van der Waals surface area contributed by atoms with Crippen molar-refractivity contribution in [3.05, 3.63) is 29.7 Å². The molecule has 1 aliphatic heterocycles. The predicted molar refractivity (Wildman–Crippen MR) is 107 cm³/mol. The molecule has 1 saturated carbocycles. The summed E-state index contributed by atoms with van der Waals surface area (Å²) in [5.74, 6) is -0.120. The molecule has 4 rings (SSSR count). The van der Waals surface area contributed by atoms with Gasteiger partial charge in [0, 0.05) is 24.7 Å². The number of nitrogens with zero attached hydrogens (tertiary/aromatic N) is 3. The van der Waals surface area contributed by atoms with E-state index in [-0.39, 0.29) is 28.6 Å². The van der Waals surface area contributed by atoms with Crippen LogP contribution in [-0.4, -0.2) is 48.5 Å². The topological polar surface area (TPSA) is 105 Å². The monoisotopic (exact) mass is 418 g/mol. The highest BCUT2D eigenvalue weighted by Crippen LogP contribution is 2.26. The Labute approximate surface area is 170 Å². The Kier molecular flexibility index (Phi) is 5.69. The minimum absolute atomic E-state index is 0.0120. The van der Waals surface area contributed by atoms with Gasteiger partial charge >= 0.3 is 11.8 Å². The molecule has 1 aliphatic carbocycles. The molecule has 0 unspecified atom stereocenters. The van der Waals surface area contributed by atoms with Crippen LogP contribution >= 0.6 is 0 Å². The number of carbonyl (C=O) groups excluding carboxylic acids is 1. The average molecular weight is 419 g/mol. The molecule has 8 nitrogen and oxygen atoms in total. The van der Waals surface area contributed by atoms with Gasteiger partial charge in [0.15, 0.2) is 0 Å². The molecule has 2 heterocycles. The number of hydrogen-bond acceptors (Lipinski definition) is 6. The molecule has 29 heavy (non-hydrogen) atoms. The lowest BCUT2D eigenvalue weighted by atomic mass is 10.1. The van der Waals surface area contributed by atoms with Crippen LogP contribution in [0.4, 0.5) is 0 Å². The minimum Gasteiger partial charge on any atom is -0.334 e. The minimum atomic E-state index is -3.64. The van der Waals surface area contributed by atoms with Crippen LogP contribution in [0.25, 0.3) is 11.4 Å². The van der Waals surface area contributed by atoms with Crippen molar-refractivity contribution in [2.45, 2.75) is 62.8 Å². The Balaban J connectivity index is 1.57. The summed E-state index contributed by atoms with van der Waals surface area (Å²) in [7, 11) is -3.64. The highest BCUT2D eigenvalue weighted by atomic mass is 32.2. The highest BCUT2D eigenvalue weighted by molar-refractivity contribution is 7.89. The van der Waals surface area contributed by atoms with Gasteiger partial charge in [-0.1, -0.05) is 30.1 Å². The van der Waals surface area contributed by atoms with Gasteiger partial charge in [-0.15, -0.1) is 0 Å². The first kappa shape index (κ1) is 20.0. The van der Waals surface area contributed by atoms with Crippen molar-refractivity contribution >= 4 is 15.9 Å². The van der Waals surface area contributed by atoms with Crippen LogP contribution in [0.3, 0.4) is 0 Å². The molecule has 2 fully saturated rings. The third-order valence-electron chi connectivity index (χ3n) is 5.67. The maximum Gasteiger partial charge on any atom is 0.316 e. The zero-order chi connectivity index (χ0) is 20.4. The smallest absolute Gasteiger partial charge is 0.316 e. The number of hydrogen-bond donors (Lipinski definition) is 1. The lowest BCUT2D eigenvalue weighted by Gasteiger charge is -2.24. The fraction of sp³-hybridized carbons (Fsp3) is 0.550. The van der Waals surface area contributed by atoms with Crippen molar-refractivity contribution in [2.75, 3.05) is 13.1 Å². The van der Waals surface area contributed by atoms with Crippen LogP contribution in [-0.2, 0) is 10.0 Å². The summed E-state index contributed by atoms with van der Waals surface area (Å²) in [6.45, 7) is 3.14. The molecule has 156 valence electrons. The number of carbonyl (C=O) groups is 1. The summed E-state index contributed by atoms with van der Waals surface area (Å²) in [6, 6.07) is 5.00. The van der Waals surface area contributed by atoms with E-state index in [1.807, 2.05) is 0 Å². The third-order valence-corrected chi connectivity index (χ3v) is 7.33. The van der Waals surface area contributed by atoms with Crippen LogP contribution in [0.2, 0.25) is 0 Å². The average Bonchev–Trinajstić information content (AvgIpc) is 3.40. The Bertz CT molecular complexity index is 990. The molecular formula is C20H26N4O4S. The van der Waals surface area contributed by atoms with Crippen molar-refractivity contribution < 1.29 is 17.7 Å². The highest BCUT2D eigenvalue weighted by Gasteiger charge is 2.27. The number of rotatable bonds is 5. The standard InChI is InChI=1S/C20H26N4O4S/c1-14-9-10-15(13-17(14)29(26,27)23-16-7-3-4-8-16)18-21-19(28-22-18)20(25)24-11-5-2-6-12-24/h9-10,13,16,23H,2-8,11-12H2,1H3. The normalized spacial score (nSPS) is 18.3. The van der Waals surface area contributed by atoms with Crippen LogP contribution in [0, 0.1) is 6.92 Å². The van der Waals surface area contributed by atoms with E-state index in [1.165, 1.54) is 0 Å². The zero-order valence-corrected chi connectivity index (χ0v) is 17.4. The second-order valence-corrected chi connectivity index (χ2v) is 9.54. The molecule has 0 atom stereocenters. The van der Waals surface area contributed by atoms with Gasteiger partial charge in [-0.05, 0) is 50.7 Å². The molecule has 9 heteroatoms. The lowest BCUT2D eigenvalue weighted by molar-refractivity contribution is 0.0674. The van der Waals surface area contributed by atoms with Gasteiger partial charge in [0.2, 0.25) is 15.8 Å². The van der Waals surface area contributed by atoms with Crippen LogP contribution in [0.15, 0.2) is 27.6 Å². The number of benzene rings is 1. The first-order chi connectivity index (χ1) is 13.9. The van der Waals surface area contributed by atoms with Gasteiger partial charge in [-0.2, -0.15) is 4.98 Å². The van der Waals surface area contributed by atoms with Crippen LogP contribution in [0.5, 0.6) is 0 Å². The van der Waals surface area contributed by atoms with Crippen molar-refractivity contribution in [1.82, 2.24) is 19.8 Å². The molecule has 1 N–H and O–H groups in total. The molecule has 0 spiro atoms. The van der Waals surface area contributed by atoms with E-state index in [9.17, 15) is 13.2 Å². The summed E-state index contributed by atoms with van der Waals surface area (Å²) >= 11 is 0. The second-order valence-electron chi connectivity index (χ2n) is 7.86. The number of aromatic nitrogens is 2. The predicted octanol–water partition coefficient (Wildman–Crippen LogP) is 2.89. The Morgan fingerprint density at radius 3 is 2.59 bits per heavy atom. The number of likely N-dealkylation sites (tertiary alicyclic amines) is 1. The van der Waals surface area contributed by atoms with Crippen LogP contribution in [0.1, 0.15) is 61.2 Å². The van der Waals surface area contributed by atoms with E-state index < -0.39 is 10.0 Å². The maximum atomic E-state index is 12.9. The molecule has 1 amide bonds. The summed E-state index contributed by atoms with van der Waals surface area (Å²) in [5.41, 5.74) is 1.15. The largest absolute Gasteiger partial charge is 0.334 e. The molecule has 0 bridgehead atoms. The van der Waals surface area contributed by atoms with E-state index in [1.54, 1.807) is 30.0 Å². The van der Waals surface area contributed by atoms with E-state index in [0.717, 1.165) is 44.9 Å². The van der Waals surface area contributed by atoms with Crippen molar-refractivity contribution in [2.24, 2.45) is 0 Å². The zero-order valence-electron chi connectivity index (χ0n) is 16.6. The number of piperidine rings is 1. The number of nitrogens with one attached hydrogen (secondary N) is 1. The van der Waals surface area contributed by atoms with E-state index >= 15 is 0 Å². The first-order valence-electron chi connectivity index (χ1n) is 10.2. The third kappa shape index (κ3) is 4.35. The molecule has 1 aromatic carbocycles. The van der Waals surface area contributed by atoms with Crippen molar-refractivity contribution in [3.63, 3.8) is 0 Å². The van der Waals surface area contributed by atoms with Gasteiger partial charge in [-0.25, -0.2) is 13.1 Å². The Morgan fingerprint density at radius 2 is 1.86 bits per heavy atom. The van der Waals surface area contributed by atoms with Crippen molar-refractivity contribution in [1.29, 1.82) is 0 Å². The summed E-state index contributed by atoms with van der Waals surface area (Å²) in [5, 5.41) is 3.91. The van der Waals surface area contributed by atoms with Crippen LogP contribution < -0.4 is 4.72 Å². The second kappa shape index (κ2) is 8.23. The molecule has 2 aromatic rings. The maximum absolute atomic E-state index is 12.9. The summed E-state index contributed by atoms with van der Waals surface area (Å²) in [6.07, 6.45) is 6.88. The number of sulfonamides is 1. The number of aryl methyl sites for hydroxylation is 1. The van der Waals surface area contributed by atoms with E-state index in [4.69, 9.17) is 4.52 Å². The quantitative estimate of drug-likeness (QED) is 0.800. The van der Waals surface area contributed by atoms with E-state index in [0.29, 0.717) is 24.2 Å². The van der Waals surface area contributed by atoms with Gasteiger partial charge < -0.3 is 9.42 Å². The van der Waals surface area contributed by atoms with Gasteiger partial charge in [0.1, 0.15) is 0 Å². The van der Waals surface area contributed by atoms with Gasteiger partial charge in [0.05, 0.1) is 4.90 Å². The number of amides is 1. The molecule has 0 radical (unpaired) electrons. The first-order valence-corrected chi connectivity index (χ1v) is 11.7. The van der Waals surface area contributed by atoms with Crippen molar-refractivity contribution in [3.8, 4) is 11.4 Å². The molecule has 1 aromatic heterocycles. The summed E-state index contributed by atoms with van der Waals surface area (Å²) < 4.78 is 33.7. The van der Waals surface area contributed by atoms with Gasteiger partial charge in [-0.3, -0.25) is 4.79 Å². The summed E-state index contributed by atoms with van der Waals surface area (Å²) in [4.78, 5) is 18.7. The SMILES string of the molecule is Cc1ccc(-c2noc(C(=O)N3CCCCC3)n2)cc1S(=O)(=O)NC1CCCC1. The lowest BCUT2D eigenvalue weighted by Crippen LogP contribution is -2.35. The van der Waals surface area contributed by atoms with E-state index in [2.05, 4.69) is 14.9 Å². The fourth-order valence-electron chi connectivity index (χ4n) is 4.02. The molecule has 2 aliphatic rings.